The van der Waals surface area contributed by atoms with Crippen molar-refractivity contribution in [2.75, 3.05) is 5.32 Å². The zero-order chi connectivity index (χ0) is 15.4. The van der Waals surface area contributed by atoms with Crippen LogP contribution in [-0.2, 0) is 0 Å². The molecule has 2 aromatic rings. The number of aryl methyl sites for hydroxylation is 1. The van der Waals surface area contributed by atoms with Crippen LogP contribution in [0.2, 0.25) is 0 Å². The van der Waals surface area contributed by atoms with Crippen LogP contribution in [0.15, 0.2) is 42.5 Å². The van der Waals surface area contributed by atoms with Gasteiger partial charge in [-0.25, -0.2) is 4.39 Å². The van der Waals surface area contributed by atoms with Gasteiger partial charge in [0.25, 0.3) is 5.91 Å². The van der Waals surface area contributed by atoms with E-state index in [0.717, 1.165) is 5.56 Å². The van der Waals surface area contributed by atoms with Crippen LogP contribution in [0.4, 0.5) is 10.1 Å². The van der Waals surface area contributed by atoms with E-state index in [-0.39, 0.29) is 17.7 Å². The SMILES string of the molecule is Cc1ccc(F)c(NC(=O)c2ccc(OC(C)C)cc2)c1. The molecule has 0 fully saturated rings. The fourth-order valence-electron chi connectivity index (χ4n) is 1.89. The number of amides is 1. The molecule has 3 nitrogen and oxygen atoms in total. The highest BCUT2D eigenvalue weighted by atomic mass is 19.1. The van der Waals surface area contributed by atoms with Gasteiger partial charge in [-0.3, -0.25) is 4.79 Å². The van der Waals surface area contributed by atoms with Crippen molar-refractivity contribution in [3.63, 3.8) is 0 Å². The summed E-state index contributed by atoms with van der Waals surface area (Å²) < 4.78 is 19.1. The third-order valence-electron chi connectivity index (χ3n) is 2.86. The van der Waals surface area contributed by atoms with Gasteiger partial charge in [0.1, 0.15) is 11.6 Å². The Labute approximate surface area is 123 Å². The molecule has 21 heavy (non-hydrogen) atoms. The van der Waals surface area contributed by atoms with Crippen molar-refractivity contribution >= 4 is 11.6 Å². The molecule has 0 atom stereocenters. The molecular formula is C17H18FNO2. The Kier molecular flexibility index (Phi) is 4.58. The highest BCUT2D eigenvalue weighted by molar-refractivity contribution is 6.04. The van der Waals surface area contributed by atoms with Gasteiger partial charge in [0.2, 0.25) is 0 Å². The largest absolute Gasteiger partial charge is 0.491 e. The first-order chi connectivity index (χ1) is 9.95. The maximum atomic E-state index is 13.6. The van der Waals surface area contributed by atoms with Crippen LogP contribution in [0.5, 0.6) is 5.75 Å². The zero-order valence-corrected chi connectivity index (χ0v) is 12.3. The summed E-state index contributed by atoms with van der Waals surface area (Å²) in [7, 11) is 0. The molecule has 0 heterocycles. The van der Waals surface area contributed by atoms with Gasteiger partial charge in [-0.15, -0.1) is 0 Å². The van der Waals surface area contributed by atoms with E-state index in [0.29, 0.717) is 11.3 Å². The van der Waals surface area contributed by atoms with E-state index in [9.17, 15) is 9.18 Å². The fraction of sp³-hybridized carbons (Fsp3) is 0.235. The minimum absolute atomic E-state index is 0.0751. The lowest BCUT2D eigenvalue weighted by atomic mass is 10.1. The molecule has 0 unspecified atom stereocenters. The summed E-state index contributed by atoms with van der Waals surface area (Å²) >= 11 is 0. The lowest BCUT2D eigenvalue weighted by Crippen LogP contribution is -2.13. The maximum Gasteiger partial charge on any atom is 0.255 e. The van der Waals surface area contributed by atoms with E-state index in [1.165, 1.54) is 6.07 Å². The molecule has 0 aliphatic rings. The highest BCUT2D eigenvalue weighted by Gasteiger charge is 2.10. The minimum Gasteiger partial charge on any atom is -0.491 e. The van der Waals surface area contributed by atoms with Crippen molar-refractivity contribution in [3.05, 3.63) is 59.4 Å². The number of carbonyl (C=O) groups excluding carboxylic acids is 1. The van der Waals surface area contributed by atoms with E-state index >= 15 is 0 Å². The van der Waals surface area contributed by atoms with Gasteiger partial charge >= 0.3 is 0 Å². The molecule has 2 rings (SSSR count). The first kappa shape index (κ1) is 15.0. The van der Waals surface area contributed by atoms with Crippen LogP contribution in [0.1, 0.15) is 29.8 Å². The normalized spacial score (nSPS) is 10.5. The number of anilines is 1. The lowest BCUT2D eigenvalue weighted by Gasteiger charge is -2.10. The summed E-state index contributed by atoms with van der Waals surface area (Å²) in [6, 6.07) is 11.3. The highest BCUT2D eigenvalue weighted by Crippen LogP contribution is 2.18. The van der Waals surface area contributed by atoms with E-state index in [1.54, 1.807) is 36.4 Å². The zero-order valence-electron chi connectivity index (χ0n) is 12.3. The minimum atomic E-state index is -0.450. The molecule has 0 bridgehead atoms. The molecule has 0 saturated heterocycles. The molecule has 1 N–H and O–H groups in total. The Morgan fingerprint density at radius 1 is 1.14 bits per heavy atom. The van der Waals surface area contributed by atoms with E-state index in [4.69, 9.17) is 4.74 Å². The first-order valence-corrected chi connectivity index (χ1v) is 6.80. The summed E-state index contributed by atoms with van der Waals surface area (Å²) in [5.74, 6) is -0.104. The van der Waals surface area contributed by atoms with Crippen molar-refractivity contribution < 1.29 is 13.9 Å². The molecule has 0 radical (unpaired) electrons. The summed E-state index contributed by atoms with van der Waals surface area (Å²) in [5, 5.41) is 2.57. The van der Waals surface area contributed by atoms with Gasteiger partial charge < -0.3 is 10.1 Å². The summed E-state index contributed by atoms with van der Waals surface area (Å²) in [5.41, 5.74) is 1.52. The van der Waals surface area contributed by atoms with Crippen molar-refractivity contribution in [1.29, 1.82) is 0 Å². The molecule has 110 valence electrons. The number of ether oxygens (including phenoxy) is 1. The van der Waals surface area contributed by atoms with Crippen LogP contribution in [0.3, 0.4) is 0 Å². The van der Waals surface area contributed by atoms with Crippen molar-refractivity contribution in [1.82, 2.24) is 0 Å². The second kappa shape index (κ2) is 6.39. The second-order valence-electron chi connectivity index (χ2n) is 5.13. The Hall–Kier alpha value is -2.36. The van der Waals surface area contributed by atoms with E-state index in [1.807, 2.05) is 20.8 Å². The van der Waals surface area contributed by atoms with E-state index < -0.39 is 5.82 Å². The molecule has 0 aromatic heterocycles. The second-order valence-corrected chi connectivity index (χ2v) is 5.13. The van der Waals surface area contributed by atoms with Crippen molar-refractivity contribution in [2.45, 2.75) is 26.9 Å². The van der Waals surface area contributed by atoms with Gasteiger partial charge in [0, 0.05) is 5.56 Å². The molecule has 0 aliphatic carbocycles. The van der Waals surface area contributed by atoms with Gasteiger partial charge in [0.05, 0.1) is 11.8 Å². The van der Waals surface area contributed by atoms with Gasteiger partial charge in [-0.05, 0) is 62.7 Å². The Morgan fingerprint density at radius 2 is 1.81 bits per heavy atom. The number of rotatable bonds is 4. The number of nitrogens with one attached hydrogen (secondary N) is 1. The van der Waals surface area contributed by atoms with Crippen LogP contribution < -0.4 is 10.1 Å². The number of benzene rings is 2. The quantitative estimate of drug-likeness (QED) is 0.916. The molecular weight excluding hydrogens is 269 g/mol. The summed E-state index contributed by atoms with van der Waals surface area (Å²) in [4.78, 5) is 12.1. The van der Waals surface area contributed by atoms with Crippen LogP contribution in [0.25, 0.3) is 0 Å². The smallest absolute Gasteiger partial charge is 0.255 e. The van der Waals surface area contributed by atoms with Crippen LogP contribution >= 0.6 is 0 Å². The van der Waals surface area contributed by atoms with Gasteiger partial charge in [0.15, 0.2) is 0 Å². The maximum absolute atomic E-state index is 13.6. The number of carbonyl (C=O) groups is 1. The van der Waals surface area contributed by atoms with Crippen molar-refractivity contribution in [3.8, 4) is 5.75 Å². The Balaban J connectivity index is 2.11. The number of halogens is 1. The Bertz CT molecular complexity index is 636. The van der Waals surface area contributed by atoms with Gasteiger partial charge in [-0.2, -0.15) is 0 Å². The fourth-order valence-corrected chi connectivity index (χ4v) is 1.89. The molecule has 0 saturated carbocycles. The standard InChI is InChI=1S/C17H18FNO2/c1-11(2)21-14-7-5-13(6-8-14)17(20)19-16-10-12(3)4-9-15(16)18/h4-11H,1-3H3,(H,19,20). The van der Waals surface area contributed by atoms with Crippen LogP contribution in [0, 0.1) is 12.7 Å². The molecule has 1 amide bonds. The van der Waals surface area contributed by atoms with Gasteiger partial charge in [-0.1, -0.05) is 6.07 Å². The number of hydrogen-bond donors (Lipinski definition) is 1. The Morgan fingerprint density at radius 3 is 2.43 bits per heavy atom. The average molecular weight is 287 g/mol. The molecule has 0 spiro atoms. The third kappa shape index (κ3) is 4.05. The summed E-state index contributed by atoms with van der Waals surface area (Å²) in [6.45, 7) is 5.70. The molecule has 0 aliphatic heterocycles. The molecule has 2 aromatic carbocycles. The third-order valence-corrected chi connectivity index (χ3v) is 2.86. The summed E-state index contributed by atoms with van der Waals surface area (Å²) in [6.07, 6.45) is 0.0751. The predicted octanol–water partition coefficient (Wildman–Crippen LogP) is 4.17. The number of hydrogen-bond acceptors (Lipinski definition) is 2. The lowest BCUT2D eigenvalue weighted by molar-refractivity contribution is 0.102. The van der Waals surface area contributed by atoms with Crippen LogP contribution in [-0.4, -0.2) is 12.0 Å². The van der Waals surface area contributed by atoms with E-state index in [2.05, 4.69) is 5.32 Å². The molecule has 4 heteroatoms. The van der Waals surface area contributed by atoms with Crippen molar-refractivity contribution in [2.24, 2.45) is 0 Å². The predicted molar refractivity (Wildman–Crippen MR) is 81.3 cm³/mol. The topological polar surface area (TPSA) is 38.3 Å². The first-order valence-electron chi connectivity index (χ1n) is 6.80. The average Bonchev–Trinajstić information content (AvgIpc) is 2.43. The monoisotopic (exact) mass is 287 g/mol.